The zero-order chi connectivity index (χ0) is 20.5. The number of hydrogen-bond acceptors (Lipinski definition) is 3. The van der Waals surface area contributed by atoms with Crippen LogP contribution < -0.4 is 4.74 Å². The molecule has 0 saturated heterocycles. The second-order valence-electron chi connectivity index (χ2n) is 8.02. The number of carbonyl (C=O) groups is 1. The standard InChI is InChI=1S/C25H25NO3/c1-15(2)29-22-11-7-4-8-17(22)14-18-12-16(3)13-20-23(25(27)28)19-9-5-6-10-21(19)26-24(18)20/h4-11,14-16H,12-13H2,1-3H3,(H,27,28)/b18-14+. The lowest BCUT2D eigenvalue weighted by atomic mass is 9.80. The second kappa shape index (κ2) is 7.70. The van der Waals surface area contributed by atoms with E-state index >= 15 is 0 Å². The third kappa shape index (κ3) is 3.75. The Morgan fingerprint density at radius 3 is 2.62 bits per heavy atom. The van der Waals surface area contributed by atoms with E-state index in [1.807, 2.05) is 62.4 Å². The van der Waals surface area contributed by atoms with Gasteiger partial charge in [0, 0.05) is 10.9 Å². The highest BCUT2D eigenvalue weighted by Gasteiger charge is 2.28. The number of hydrogen-bond donors (Lipinski definition) is 1. The van der Waals surface area contributed by atoms with Gasteiger partial charge in [0.05, 0.1) is 22.9 Å². The molecule has 1 aliphatic rings. The number of aromatic nitrogens is 1. The van der Waals surface area contributed by atoms with Crippen LogP contribution in [0.5, 0.6) is 5.75 Å². The van der Waals surface area contributed by atoms with Crippen LogP contribution in [-0.2, 0) is 6.42 Å². The lowest BCUT2D eigenvalue weighted by molar-refractivity contribution is 0.0697. The third-order valence-corrected chi connectivity index (χ3v) is 5.24. The highest BCUT2D eigenvalue weighted by atomic mass is 16.5. The molecule has 4 heteroatoms. The lowest BCUT2D eigenvalue weighted by Crippen LogP contribution is -2.17. The number of nitrogens with zero attached hydrogens (tertiary/aromatic N) is 1. The van der Waals surface area contributed by atoms with E-state index in [0.717, 1.165) is 46.5 Å². The number of fused-ring (bicyclic) bond motifs is 2. The Balaban J connectivity index is 1.94. The molecule has 148 valence electrons. The summed E-state index contributed by atoms with van der Waals surface area (Å²) in [5.41, 5.74) is 4.79. The summed E-state index contributed by atoms with van der Waals surface area (Å²) in [5.74, 6) is 0.277. The molecule has 0 aliphatic heterocycles. The number of aromatic carboxylic acids is 1. The maximum absolute atomic E-state index is 12.2. The summed E-state index contributed by atoms with van der Waals surface area (Å²) < 4.78 is 5.97. The molecule has 1 aliphatic carbocycles. The largest absolute Gasteiger partial charge is 0.490 e. The molecular weight excluding hydrogens is 362 g/mol. The van der Waals surface area contributed by atoms with Crippen LogP contribution in [0.2, 0.25) is 0 Å². The zero-order valence-electron chi connectivity index (χ0n) is 17.0. The first-order valence-electron chi connectivity index (χ1n) is 10.1. The number of carboxylic acids is 1. The molecule has 1 aromatic heterocycles. The van der Waals surface area contributed by atoms with Crippen LogP contribution in [-0.4, -0.2) is 22.2 Å². The zero-order valence-corrected chi connectivity index (χ0v) is 17.0. The van der Waals surface area contributed by atoms with Crippen LogP contribution in [0.25, 0.3) is 22.6 Å². The normalized spacial score (nSPS) is 17.5. The lowest BCUT2D eigenvalue weighted by Gasteiger charge is -2.26. The topological polar surface area (TPSA) is 59.4 Å². The van der Waals surface area contributed by atoms with Gasteiger partial charge in [0.1, 0.15) is 5.75 Å². The summed E-state index contributed by atoms with van der Waals surface area (Å²) in [5, 5.41) is 10.7. The van der Waals surface area contributed by atoms with E-state index in [9.17, 15) is 9.90 Å². The van der Waals surface area contributed by atoms with Crippen molar-refractivity contribution in [3.63, 3.8) is 0 Å². The molecule has 2 aromatic carbocycles. The molecule has 0 saturated carbocycles. The van der Waals surface area contributed by atoms with Crippen molar-refractivity contribution in [1.82, 2.24) is 4.98 Å². The van der Waals surface area contributed by atoms with Gasteiger partial charge in [0.15, 0.2) is 0 Å². The molecule has 1 N–H and O–H groups in total. The molecule has 4 rings (SSSR count). The number of rotatable bonds is 4. The van der Waals surface area contributed by atoms with Gasteiger partial charge in [0.25, 0.3) is 0 Å². The number of ether oxygens (including phenoxy) is 1. The molecule has 0 fully saturated rings. The smallest absolute Gasteiger partial charge is 0.336 e. The van der Waals surface area contributed by atoms with E-state index in [1.165, 1.54) is 0 Å². The summed E-state index contributed by atoms with van der Waals surface area (Å²) in [6.07, 6.45) is 3.76. The highest BCUT2D eigenvalue weighted by Crippen LogP contribution is 2.39. The fourth-order valence-corrected chi connectivity index (χ4v) is 4.13. The summed E-state index contributed by atoms with van der Waals surface area (Å²) >= 11 is 0. The molecule has 0 bridgehead atoms. The van der Waals surface area contributed by atoms with Gasteiger partial charge < -0.3 is 9.84 Å². The Morgan fingerprint density at radius 1 is 1.14 bits per heavy atom. The van der Waals surface area contributed by atoms with E-state index in [-0.39, 0.29) is 6.10 Å². The average molecular weight is 387 g/mol. The van der Waals surface area contributed by atoms with Crippen molar-refractivity contribution < 1.29 is 14.6 Å². The minimum Gasteiger partial charge on any atom is -0.490 e. The average Bonchev–Trinajstić information content (AvgIpc) is 2.67. The van der Waals surface area contributed by atoms with Gasteiger partial charge in [-0.25, -0.2) is 9.78 Å². The summed E-state index contributed by atoms with van der Waals surface area (Å²) in [6, 6.07) is 15.4. The van der Waals surface area contributed by atoms with E-state index in [0.29, 0.717) is 16.9 Å². The second-order valence-corrected chi connectivity index (χ2v) is 8.02. The monoisotopic (exact) mass is 387 g/mol. The van der Waals surface area contributed by atoms with Crippen LogP contribution in [0, 0.1) is 5.92 Å². The van der Waals surface area contributed by atoms with Gasteiger partial charge in [-0.15, -0.1) is 0 Å². The SMILES string of the molecule is CC1C/C(=C\c2ccccc2OC(C)C)c2nc3ccccc3c(C(=O)O)c2C1. The van der Waals surface area contributed by atoms with Crippen LogP contribution in [0.15, 0.2) is 48.5 Å². The van der Waals surface area contributed by atoms with Crippen molar-refractivity contribution in [2.24, 2.45) is 5.92 Å². The summed E-state index contributed by atoms with van der Waals surface area (Å²) in [4.78, 5) is 17.1. The van der Waals surface area contributed by atoms with Crippen molar-refractivity contribution in [2.45, 2.75) is 39.7 Å². The fourth-order valence-electron chi connectivity index (χ4n) is 4.13. The van der Waals surface area contributed by atoms with E-state index in [4.69, 9.17) is 9.72 Å². The van der Waals surface area contributed by atoms with Gasteiger partial charge >= 0.3 is 5.97 Å². The third-order valence-electron chi connectivity index (χ3n) is 5.24. The van der Waals surface area contributed by atoms with Crippen molar-refractivity contribution in [3.05, 3.63) is 70.9 Å². The van der Waals surface area contributed by atoms with E-state index in [2.05, 4.69) is 13.0 Å². The quantitative estimate of drug-likeness (QED) is 0.611. The van der Waals surface area contributed by atoms with Crippen molar-refractivity contribution in [1.29, 1.82) is 0 Å². The Labute approximate surface area is 170 Å². The Bertz CT molecular complexity index is 1110. The van der Waals surface area contributed by atoms with Crippen LogP contribution in [0.3, 0.4) is 0 Å². The van der Waals surface area contributed by atoms with Crippen LogP contribution in [0.1, 0.15) is 54.4 Å². The Hall–Kier alpha value is -3.14. The van der Waals surface area contributed by atoms with Gasteiger partial charge in [-0.05, 0) is 62.0 Å². The van der Waals surface area contributed by atoms with E-state index < -0.39 is 5.97 Å². The number of pyridine rings is 1. The first kappa shape index (κ1) is 19.2. The minimum absolute atomic E-state index is 0.0767. The maximum atomic E-state index is 12.2. The number of carboxylic acid groups (broad SMARTS) is 1. The molecule has 0 amide bonds. The van der Waals surface area contributed by atoms with Crippen LogP contribution in [0.4, 0.5) is 0 Å². The fraction of sp³-hybridized carbons (Fsp3) is 0.280. The molecular formula is C25H25NO3. The first-order valence-corrected chi connectivity index (χ1v) is 10.1. The number of benzene rings is 2. The predicted molar refractivity (Wildman–Crippen MR) is 116 cm³/mol. The maximum Gasteiger partial charge on any atom is 0.336 e. The number of para-hydroxylation sites is 2. The molecule has 29 heavy (non-hydrogen) atoms. The molecule has 1 atom stereocenters. The van der Waals surface area contributed by atoms with Gasteiger partial charge in [0.2, 0.25) is 0 Å². The summed E-state index contributed by atoms with van der Waals surface area (Å²) in [6.45, 7) is 6.18. The van der Waals surface area contributed by atoms with Gasteiger partial charge in [-0.3, -0.25) is 0 Å². The highest BCUT2D eigenvalue weighted by molar-refractivity contribution is 6.06. The molecule has 1 heterocycles. The molecule has 0 radical (unpaired) electrons. The van der Waals surface area contributed by atoms with Gasteiger partial charge in [-0.2, -0.15) is 0 Å². The predicted octanol–water partition coefficient (Wildman–Crippen LogP) is 5.84. The summed E-state index contributed by atoms with van der Waals surface area (Å²) in [7, 11) is 0. The van der Waals surface area contributed by atoms with Gasteiger partial charge in [-0.1, -0.05) is 43.3 Å². The number of allylic oxidation sites excluding steroid dienone is 1. The van der Waals surface area contributed by atoms with Crippen molar-refractivity contribution in [3.8, 4) is 5.75 Å². The molecule has 3 aromatic rings. The first-order chi connectivity index (χ1) is 13.9. The minimum atomic E-state index is -0.892. The van der Waals surface area contributed by atoms with Crippen molar-refractivity contribution in [2.75, 3.05) is 0 Å². The Morgan fingerprint density at radius 2 is 1.86 bits per heavy atom. The molecule has 0 spiro atoms. The van der Waals surface area contributed by atoms with Crippen molar-refractivity contribution >= 4 is 28.5 Å². The van der Waals surface area contributed by atoms with E-state index in [1.54, 1.807) is 0 Å². The molecule has 1 unspecified atom stereocenters. The molecule has 4 nitrogen and oxygen atoms in total. The Kier molecular flexibility index (Phi) is 5.10. The van der Waals surface area contributed by atoms with Crippen LogP contribution >= 0.6 is 0 Å².